The molecule has 21 heavy (non-hydrogen) atoms. The molecule has 2 rings (SSSR count). The summed E-state index contributed by atoms with van der Waals surface area (Å²) < 4.78 is 10.4. The van der Waals surface area contributed by atoms with Gasteiger partial charge < -0.3 is 14.8 Å². The third-order valence-electron chi connectivity index (χ3n) is 5.19. The predicted octanol–water partition coefficient (Wildman–Crippen LogP) is 1.27. The van der Waals surface area contributed by atoms with Crippen molar-refractivity contribution in [2.24, 2.45) is 11.8 Å². The Morgan fingerprint density at radius 3 is 2.43 bits per heavy atom. The second-order valence-electron chi connectivity index (χ2n) is 6.53. The highest BCUT2D eigenvalue weighted by molar-refractivity contribution is 5.82. The Morgan fingerprint density at radius 1 is 1.33 bits per heavy atom. The molecule has 2 aliphatic carbocycles. The molecule has 1 N–H and O–H groups in total. The first-order chi connectivity index (χ1) is 10.1. The number of likely N-dealkylation sites (N-methyl/N-ethyl adjacent to an activating group) is 1. The van der Waals surface area contributed by atoms with Crippen molar-refractivity contribution >= 4 is 5.97 Å². The number of carbonyl (C=O) groups is 1. The Kier molecular flexibility index (Phi) is 5.63. The first-order valence-corrected chi connectivity index (χ1v) is 8.09. The van der Waals surface area contributed by atoms with Crippen LogP contribution in [0.1, 0.15) is 32.6 Å². The Hall–Kier alpha value is -0.650. The van der Waals surface area contributed by atoms with Gasteiger partial charge in [-0.1, -0.05) is 0 Å². The van der Waals surface area contributed by atoms with E-state index in [1.165, 1.54) is 20.0 Å². The highest BCUT2D eigenvalue weighted by Gasteiger charge is 2.52. The zero-order valence-electron chi connectivity index (χ0n) is 13.9. The van der Waals surface area contributed by atoms with Crippen molar-refractivity contribution in [3.05, 3.63) is 0 Å². The first-order valence-electron chi connectivity index (χ1n) is 8.09. The number of ether oxygens (including phenoxy) is 2. The van der Waals surface area contributed by atoms with Gasteiger partial charge in [-0.05, 0) is 51.5 Å². The molecule has 0 spiro atoms. The minimum absolute atomic E-state index is 0.127. The van der Waals surface area contributed by atoms with Crippen LogP contribution in [0.25, 0.3) is 0 Å². The number of nitrogens with one attached hydrogen (secondary N) is 1. The molecule has 0 aromatic heterocycles. The lowest BCUT2D eigenvalue weighted by atomic mass is 9.91. The summed E-state index contributed by atoms with van der Waals surface area (Å²) >= 11 is 0. The number of hydrogen-bond donors (Lipinski definition) is 1. The predicted molar refractivity (Wildman–Crippen MR) is 82.2 cm³/mol. The summed E-state index contributed by atoms with van der Waals surface area (Å²) in [5.41, 5.74) is -0.564. The van der Waals surface area contributed by atoms with E-state index in [4.69, 9.17) is 9.47 Å². The zero-order valence-corrected chi connectivity index (χ0v) is 13.9. The molecule has 0 bridgehead atoms. The van der Waals surface area contributed by atoms with E-state index in [0.29, 0.717) is 25.1 Å². The first kappa shape index (κ1) is 16.7. The van der Waals surface area contributed by atoms with Gasteiger partial charge in [-0.15, -0.1) is 0 Å². The average Bonchev–Trinajstić information content (AvgIpc) is 3.38. The number of nitrogens with zero attached hydrogens (tertiary/aromatic N) is 1. The van der Waals surface area contributed by atoms with Gasteiger partial charge in [0.25, 0.3) is 0 Å². The van der Waals surface area contributed by atoms with E-state index in [1.54, 1.807) is 7.11 Å². The lowest BCUT2D eigenvalue weighted by molar-refractivity contribution is -0.151. The van der Waals surface area contributed by atoms with Crippen LogP contribution in [-0.2, 0) is 14.3 Å². The summed E-state index contributed by atoms with van der Waals surface area (Å²) in [4.78, 5) is 14.8. The van der Waals surface area contributed by atoms with Crippen LogP contribution in [0, 0.1) is 11.8 Å². The molecule has 2 fully saturated rings. The summed E-state index contributed by atoms with van der Waals surface area (Å²) in [5.74, 6) is 1.04. The van der Waals surface area contributed by atoms with Gasteiger partial charge in [0.15, 0.2) is 0 Å². The van der Waals surface area contributed by atoms with Crippen molar-refractivity contribution in [1.82, 2.24) is 10.2 Å². The maximum absolute atomic E-state index is 12.4. The third-order valence-corrected chi connectivity index (χ3v) is 5.19. The van der Waals surface area contributed by atoms with E-state index >= 15 is 0 Å². The van der Waals surface area contributed by atoms with Crippen LogP contribution in [0.4, 0.5) is 0 Å². The quantitative estimate of drug-likeness (QED) is 0.616. The van der Waals surface area contributed by atoms with Crippen molar-refractivity contribution in [3.8, 4) is 0 Å². The fourth-order valence-corrected chi connectivity index (χ4v) is 3.34. The van der Waals surface area contributed by atoms with Gasteiger partial charge in [-0.2, -0.15) is 0 Å². The third kappa shape index (κ3) is 3.76. The summed E-state index contributed by atoms with van der Waals surface area (Å²) in [5, 5.41) is 3.29. The SMILES string of the molecule is CNC(CN(CCOC)C(C)C1CC1)(C(=O)OC)C1CC1. The van der Waals surface area contributed by atoms with Crippen LogP contribution in [0.2, 0.25) is 0 Å². The Labute approximate surface area is 128 Å². The highest BCUT2D eigenvalue weighted by Crippen LogP contribution is 2.42. The molecule has 5 nitrogen and oxygen atoms in total. The Balaban J connectivity index is 2.11. The van der Waals surface area contributed by atoms with Gasteiger partial charge in [-0.25, -0.2) is 4.79 Å². The van der Waals surface area contributed by atoms with E-state index in [0.717, 1.165) is 25.3 Å². The zero-order chi connectivity index (χ0) is 15.5. The summed E-state index contributed by atoms with van der Waals surface area (Å²) in [6, 6.07) is 0.497. The number of hydrogen-bond acceptors (Lipinski definition) is 5. The fourth-order valence-electron chi connectivity index (χ4n) is 3.34. The van der Waals surface area contributed by atoms with Crippen molar-refractivity contribution in [2.75, 3.05) is 41.0 Å². The van der Waals surface area contributed by atoms with Crippen molar-refractivity contribution in [3.63, 3.8) is 0 Å². The van der Waals surface area contributed by atoms with Gasteiger partial charge in [0.1, 0.15) is 5.54 Å². The molecule has 0 aliphatic heterocycles. The second kappa shape index (κ2) is 7.07. The molecule has 0 radical (unpaired) electrons. The van der Waals surface area contributed by atoms with E-state index < -0.39 is 5.54 Å². The van der Waals surface area contributed by atoms with Crippen LogP contribution in [0.3, 0.4) is 0 Å². The molecule has 0 aromatic rings. The topological polar surface area (TPSA) is 50.8 Å². The Morgan fingerprint density at radius 2 is 2.00 bits per heavy atom. The normalized spacial score (nSPS) is 22.9. The maximum Gasteiger partial charge on any atom is 0.327 e. The second-order valence-corrected chi connectivity index (χ2v) is 6.53. The van der Waals surface area contributed by atoms with Gasteiger partial charge in [-0.3, -0.25) is 4.90 Å². The largest absolute Gasteiger partial charge is 0.468 e. The molecule has 5 heteroatoms. The van der Waals surface area contributed by atoms with Crippen LogP contribution in [0.5, 0.6) is 0 Å². The minimum Gasteiger partial charge on any atom is -0.468 e. The van der Waals surface area contributed by atoms with Crippen molar-refractivity contribution < 1.29 is 14.3 Å². The lowest BCUT2D eigenvalue weighted by Crippen LogP contribution is -2.61. The van der Waals surface area contributed by atoms with Crippen LogP contribution >= 0.6 is 0 Å². The van der Waals surface area contributed by atoms with E-state index in [1.807, 2.05) is 7.05 Å². The number of rotatable bonds is 10. The molecule has 2 atom stereocenters. The summed E-state index contributed by atoms with van der Waals surface area (Å²) in [6.45, 7) is 4.55. The van der Waals surface area contributed by atoms with Crippen LogP contribution in [-0.4, -0.2) is 63.4 Å². The maximum atomic E-state index is 12.4. The molecule has 2 saturated carbocycles. The van der Waals surface area contributed by atoms with Gasteiger partial charge in [0.05, 0.1) is 13.7 Å². The number of carbonyl (C=O) groups excluding carboxylic acids is 1. The Bertz CT molecular complexity index is 355. The van der Waals surface area contributed by atoms with Crippen molar-refractivity contribution in [1.29, 1.82) is 0 Å². The molecule has 2 aliphatic rings. The van der Waals surface area contributed by atoms with Crippen molar-refractivity contribution in [2.45, 2.75) is 44.2 Å². The molecule has 122 valence electrons. The monoisotopic (exact) mass is 298 g/mol. The van der Waals surface area contributed by atoms with Gasteiger partial charge in [0, 0.05) is 26.2 Å². The lowest BCUT2D eigenvalue weighted by Gasteiger charge is -2.39. The molecular formula is C16H30N2O3. The molecule has 0 aromatic carbocycles. The van der Waals surface area contributed by atoms with Crippen LogP contribution < -0.4 is 5.32 Å². The average molecular weight is 298 g/mol. The molecule has 0 saturated heterocycles. The van der Waals surface area contributed by atoms with E-state index in [-0.39, 0.29) is 5.97 Å². The van der Waals surface area contributed by atoms with Gasteiger partial charge in [0.2, 0.25) is 0 Å². The minimum atomic E-state index is -0.564. The highest BCUT2D eigenvalue weighted by atomic mass is 16.5. The molecule has 0 heterocycles. The summed E-state index contributed by atoms with van der Waals surface area (Å²) in [6.07, 6.45) is 4.81. The standard InChI is InChI=1S/C16H30N2O3/c1-12(13-5-6-13)18(9-10-20-3)11-16(17-2,14-7-8-14)15(19)21-4/h12-14,17H,5-11H2,1-4H3. The number of esters is 1. The fraction of sp³-hybridized carbons (Fsp3) is 0.938. The van der Waals surface area contributed by atoms with Gasteiger partial charge >= 0.3 is 5.97 Å². The molecular weight excluding hydrogens is 268 g/mol. The number of methoxy groups -OCH3 is 2. The summed E-state index contributed by atoms with van der Waals surface area (Å²) in [7, 11) is 5.10. The van der Waals surface area contributed by atoms with E-state index in [9.17, 15) is 4.79 Å². The molecule has 2 unspecified atom stereocenters. The molecule has 0 amide bonds. The van der Waals surface area contributed by atoms with Crippen LogP contribution in [0.15, 0.2) is 0 Å². The smallest absolute Gasteiger partial charge is 0.327 e. The van der Waals surface area contributed by atoms with E-state index in [2.05, 4.69) is 17.1 Å².